The minimum Gasteiger partial charge on any atom is -0.455 e. The van der Waals surface area contributed by atoms with E-state index < -0.39 is 31.4 Å². The van der Waals surface area contributed by atoms with Crippen molar-refractivity contribution < 1.29 is 27.6 Å². The van der Waals surface area contributed by atoms with Gasteiger partial charge in [0.2, 0.25) is 0 Å². The molecule has 0 radical (unpaired) electrons. The molecule has 10 rings (SSSR count). The van der Waals surface area contributed by atoms with Gasteiger partial charge in [0.05, 0.1) is 21.6 Å². The van der Waals surface area contributed by atoms with Crippen molar-refractivity contribution in [3.8, 4) is 11.5 Å². The summed E-state index contributed by atoms with van der Waals surface area (Å²) in [7, 11) is -2.29. The lowest BCUT2D eigenvalue weighted by Gasteiger charge is -2.58. The number of piperidine rings is 1. The number of hydrogen-bond donors (Lipinski definition) is 3. The van der Waals surface area contributed by atoms with Gasteiger partial charge in [0.15, 0.2) is 0 Å². The minimum absolute atomic E-state index is 0.00829. The third kappa shape index (κ3) is 8.80. The number of rotatable bonds is 13. The largest absolute Gasteiger partial charge is 0.455 e. The summed E-state index contributed by atoms with van der Waals surface area (Å²) in [5.41, 5.74) is 4.71. The highest BCUT2D eigenvalue weighted by Crippen LogP contribution is 2.54. The topological polar surface area (TPSA) is 175 Å². The molecule has 2 aromatic heterocycles. The molecule has 64 heavy (non-hydrogen) atoms. The molecule has 2 saturated carbocycles. The van der Waals surface area contributed by atoms with Gasteiger partial charge in [0, 0.05) is 94.0 Å². The molecule has 3 aromatic carbocycles. The van der Waals surface area contributed by atoms with Gasteiger partial charge in [-0.3, -0.25) is 19.8 Å². The van der Waals surface area contributed by atoms with Gasteiger partial charge in [0.25, 0.3) is 21.6 Å². The van der Waals surface area contributed by atoms with Crippen LogP contribution >= 0.6 is 0 Å². The number of aromatic nitrogens is 2. The first kappa shape index (κ1) is 42.4. The van der Waals surface area contributed by atoms with E-state index in [2.05, 4.69) is 66.0 Å². The molecule has 5 fully saturated rings. The molecule has 2 aliphatic carbocycles. The van der Waals surface area contributed by atoms with Gasteiger partial charge in [-0.1, -0.05) is 24.3 Å². The van der Waals surface area contributed by atoms with Crippen molar-refractivity contribution >= 4 is 44.0 Å². The SMILES string of the molecule is CN1CCN(C2CC3(CCN(c4ccc(C(=O)NS(=O)(=O)c5ccc(NCC6CCOCC6)c([N+](=O)[O-])c5)c(Oc5cnc6[nH]ccc6c5)c4)CC3)C2)C(c2ccccc2C2CC2)C1. The van der Waals surface area contributed by atoms with Crippen molar-refractivity contribution in [2.24, 2.45) is 11.3 Å². The van der Waals surface area contributed by atoms with Gasteiger partial charge in [-0.05, 0) is 123 Å². The lowest BCUT2D eigenvalue weighted by Crippen LogP contribution is -2.59. The van der Waals surface area contributed by atoms with E-state index in [1.807, 2.05) is 12.1 Å². The zero-order chi connectivity index (χ0) is 44.0. The number of aromatic amines is 1. The van der Waals surface area contributed by atoms with Crippen LogP contribution < -0.4 is 19.7 Å². The highest BCUT2D eigenvalue weighted by atomic mass is 32.2. The molecule has 3 N–H and O–H groups in total. The second-order valence-electron chi connectivity index (χ2n) is 18.6. The molecular formula is C48H56N8O7S. The molecule has 3 aliphatic heterocycles. The molecule has 16 heteroatoms. The molecule has 5 aliphatic rings. The summed E-state index contributed by atoms with van der Waals surface area (Å²) in [4.78, 5) is 40.2. The summed E-state index contributed by atoms with van der Waals surface area (Å²) in [5.74, 6) is 0.607. The smallest absolute Gasteiger partial charge is 0.293 e. The Kier molecular flexibility index (Phi) is 11.6. The predicted molar refractivity (Wildman–Crippen MR) is 245 cm³/mol. The zero-order valence-corrected chi connectivity index (χ0v) is 37.0. The van der Waals surface area contributed by atoms with Gasteiger partial charge in [-0.25, -0.2) is 18.1 Å². The Morgan fingerprint density at radius 1 is 0.969 bits per heavy atom. The van der Waals surface area contributed by atoms with Gasteiger partial charge >= 0.3 is 0 Å². The number of benzene rings is 3. The molecular weight excluding hydrogens is 833 g/mol. The highest BCUT2D eigenvalue weighted by Gasteiger charge is 2.50. The van der Waals surface area contributed by atoms with Gasteiger partial charge < -0.3 is 29.6 Å². The van der Waals surface area contributed by atoms with Crippen molar-refractivity contribution in [1.82, 2.24) is 24.5 Å². The molecule has 15 nitrogen and oxygen atoms in total. The summed E-state index contributed by atoms with van der Waals surface area (Å²) in [6, 6.07) is 22.6. The van der Waals surface area contributed by atoms with E-state index in [0.717, 1.165) is 75.5 Å². The van der Waals surface area contributed by atoms with E-state index in [4.69, 9.17) is 9.47 Å². The minimum atomic E-state index is -4.54. The number of amides is 1. The van der Waals surface area contributed by atoms with Crippen molar-refractivity contribution in [3.63, 3.8) is 0 Å². The Morgan fingerprint density at radius 3 is 2.52 bits per heavy atom. The quantitative estimate of drug-likeness (QED) is 0.0773. The highest BCUT2D eigenvalue weighted by molar-refractivity contribution is 7.90. The number of piperazine rings is 1. The molecule has 1 spiro atoms. The first-order chi connectivity index (χ1) is 31.0. The number of nitro benzene ring substituents is 1. The van der Waals surface area contributed by atoms with Crippen molar-refractivity contribution in [1.29, 1.82) is 0 Å². The molecule has 336 valence electrons. The Hall–Kier alpha value is -5.55. The summed E-state index contributed by atoms with van der Waals surface area (Å²) >= 11 is 0. The van der Waals surface area contributed by atoms with Crippen LogP contribution in [-0.2, 0) is 14.8 Å². The number of hydrogen-bond acceptors (Lipinski definition) is 12. The number of anilines is 2. The lowest BCUT2D eigenvalue weighted by molar-refractivity contribution is -0.384. The van der Waals surface area contributed by atoms with E-state index in [1.54, 1.807) is 36.2 Å². The fourth-order valence-corrected chi connectivity index (χ4v) is 11.5. The number of carbonyl (C=O) groups is 1. The average molecular weight is 889 g/mol. The molecule has 1 unspecified atom stereocenters. The summed E-state index contributed by atoms with van der Waals surface area (Å²) in [5, 5.41) is 16.0. The summed E-state index contributed by atoms with van der Waals surface area (Å²) in [6.45, 7) is 6.68. The summed E-state index contributed by atoms with van der Waals surface area (Å²) < 4.78 is 41.4. The zero-order valence-electron chi connectivity index (χ0n) is 36.2. The number of sulfonamides is 1. The first-order valence-corrected chi connectivity index (χ1v) is 24.2. The first-order valence-electron chi connectivity index (χ1n) is 22.7. The third-order valence-electron chi connectivity index (χ3n) is 14.4. The van der Waals surface area contributed by atoms with E-state index in [0.29, 0.717) is 54.6 Å². The molecule has 1 atom stereocenters. The Morgan fingerprint density at radius 2 is 1.75 bits per heavy atom. The maximum absolute atomic E-state index is 14.0. The number of carbonyl (C=O) groups excluding carboxylic acids is 1. The number of pyridine rings is 1. The van der Waals surface area contributed by atoms with Crippen LogP contribution in [0, 0.1) is 21.4 Å². The monoisotopic (exact) mass is 888 g/mol. The standard InChI is InChI=1S/C48H56N8O7S/c1-53-20-21-55(44(31-53)40-5-3-2-4-39(40)33-6-7-33)36-27-48(28-36)15-18-54(19-16-48)35-8-10-41(45(25-35)63-37-24-34-12-17-49-46(34)51-30-37)47(57)52-64(60,61)38-9-11-42(43(26-38)56(58)59)50-29-32-13-22-62-23-14-32/h2-5,8-12,17,24-26,30,32-33,36,44,50H,6-7,13-16,18-23,27-29,31H2,1H3,(H,49,51)(H,52,57). The number of ether oxygens (including phenoxy) is 2. The van der Waals surface area contributed by atoms with Crippen LogP contribution in [0.3, 0.4) is 0 Å². The fraction of sp³-hybridized carbons (Fsp3) is 0.458. The fourth-order valence-electron chi connectivity index (χ4n) is 10.6. The maximum atomic E-state index is 14.0. The van der Waals surface area contributed by atoms with Crippen LogP contribution in [-0.4, -0.2) is 105 Å². The Balaban J connectivity index is 0.844. The van der Waals surface area contributed by atoms with E-state index in [1.165, 1.54) is 43.4 Å². The van der Waals surface area contributed by atoms with Crippen molar-refractivity contribution in [3.05, 3.63) is 112 Å². The number of fused-ring (bicyclic) bond motifs is 1. The molecule has 3 saturated heterocycles. The summed E-state index contributed by atoms with van der Waals surface area (Å²) in [6.07, 6.45) is 12.1. The number of H-pyrrole nitrogens is 1. The molecule has 1 amide bonds. The molecule has 0 bridgehead atoms. The Bertz CT molecular complexity index is 2650. The number of nitrogens with one attached hydrogen (secondary N) is 3. The lowest BCUT2D eigenvalue weighted by atomic mass is 9.59. The maximum Gasteiger partial charge on any atom is 0.293 e. The van der Waals surface area contributed by atoms with E-state index in [-0.39, 0.29) is 22.9 Å². The van der Waals surface area contributed by atoms with Gasteiger partial charge in [-0.2, -0.15) is 0 Å². The van der Waals surface area contributed by atoms with E-state index >= 15 is 0 Å². The van der Waals surface area contributed by atoms with E-state index in [9.17, 15) is 23.3 Å². The Labute approximate surface area is 373 Å². The van der Waals surface area contributed by atoms with Crippen molar-refractivity contribution in [2.75, 3.05) is 69.7 Å². The predicted octanol–water partition coefficient (Wildman–Crippen LogP) is 7.84. The molecule has 5 aromatic rings. The van der Waals surface area contributed by atoms with Crippen LogP contribution in [0.15, 0.2) is 90.1 Å². The van der Waals surface area contributed by atoms with Crippen LogP contribution in [0.25, 0.3) is 11.0 Å². The van der Waals surface area contributed by atoms with Gasteiger partial charge in [0.1, 0.15) is 22.8 Å². The number of nitrogens with zero attached hydrogens (tertiary/aromatic N) is 5. The molecule has 5 heterocycles. The van der Waals surface area contributed by atoms with Crippen LogP contribution in [0.1, 0.15) is 84.8 Å². The van der Waals surface area contributed by atoms with Crippen LogP contribution in [0.5, 0.6) is 11.5 Å². The van der Waals surface area contributed by atoms with Crippen molar-refractivity contribution in [2.45, 2.75) is 74.3 Å². The average Bonchev–Trinajstić information content (AvgIpc) is 4.04. The third-order valence-corrected chi connectivity index (χ3v) is 15.8. The normalized spacial score (nSPS) is 21.1. The number of likely N-dealkylation sites (N-methyl/N-ethyl adjacent to an activating group) is 1. The second-order valence-corrected chi connectivity index (χ2v) is 20.3. The number of nitro groups is 1. The second kappa shape index (κ2) is 17.4. The van der Waals surface area contributed by atoms with Crippen LogP contribution in [0.2, 0.25) is 0 Å². The van der Waals surface area contributed by atoms with Gasteiger partial charge in [-0.15, -0.1) is 0 Å². The van der Waals surface area contributed by atoms with Crippen LogP contribution in [0.4, 0.5) is 17.1 Å².